The molecule has 0 radical (unpaired) electrons. The van der Waals surface area contributed by atoms with E-state index in [0.29, 0.717) is 31.1 Å². The van der Waals surface area contributed by atoms with Gasteiger partial charge < -0.3 is 19.4 Å². The van der Waals surface area contributed by atoms with E-state index in [-0.39, 0.29) is 5.91 Å². The number of pyridine rings is 1. The molecule has 7 rings (SSSR count). The number of nitrogens with one attached hydrogen (secondary N) is 1. The molecule has 1 aliphatic carbocycles. The van der Waals surface area contributed by atoms with Crippen LogP contribution >= 0.6 is 0 Å². The molecule has 210 valence electrons. The highest BCUT2D eigenvalue weighted by Gasteiger charge is 2.33. The van der Waals surface area contributed by atoms with E-state index >= 15 is 0 Å². The summed E-state index contributed by atoms with van der Waals surface area (Å²) in [4.78, 5) is 23.0. The summed E-state index contributed by atoms with van der Waals surface area (Å²) in [6, 6.07) is 16.2. The molecule has 2 aromatic heterocycles. The highest BCUT2D eigenvalue weighted by Crippen LogP contribution is 2.47. The zero-order valence-electron chi connectivity index (χ0n) is 24.0. The summed E-state index contributed by atoms with van der Waals surface area (Å²) < 4.78 is 14.1. The van der Waals surface area contributed by atoms with Gasteiger partial charge >= 0.3 is 0 Å². The van der Waals surface area contributed by atoms with Crippen LogP contribution in [0.25, 0.3) is 22.2 Å². The Bertz CT molecular complexity index is 1690. The normalized spacial score (nSPS) is 16.7. The zero-order valence-corrected chi connectivity index (χ0v) is 24.0. The number of methoxy groups -OCH3 is 1. The molecule has 1 amide bonds. The Hall–Kier alpha value is -4.13. The van der Waals surface area contributed by atoms with Crippen molar-refractivity contribution in [3.05, 3.63) is 71.5 Å². The summed E-state index contributed by atoms with van der Waals surface area (Å²) in [7, 11) is 1.69. The number of aromatic nitrogens is 2. The smallest absolute Gasteiger partial charge is 0.252 e. The van der Waals surface area contributed by atoms with Crippen LogP contribution in [-0.4, -0.2) is 40.4 Å². The predicted octanol–water partition coefficient (Wildman–Crippen LogP) is 6.99. The van der Waals surface area contributed by atoms with Crippen molar-refractivity contribution in [2.24, 2.45) is 4.99 Å². The Morgan fingerprint density at radius 3 is 2.76 bits per heavy atom. The number of amides is 1. The van der Waals surface area contributed by atoms with Crippen molar-refractivity contribution in [1.82, 2.24) is 14.9 Å². The summed E-state index contributed by atoms with van der Waals surface area (Å²) in [5, 5.41) is 4.50. The van der Waals surface area contributed by atoms with Gasteiger partial charge in [-0.3, -0.25) is 14.8 Å². The lowest BCUT2D eigenvalue weighted by molar-refractivity contribution is 0.0931. The number of hydrogen-bond acceptors (Lipinski definition) is 5. The zero-order chi connectivity index (χ0) is 28.1. The van der Waals surface area contributed by atoms with Crippen LogP contribution < -0.4 is 14.8 Å². The molecule has 41 heavy (non-hydrogen) atoms. The second kappa shape index (κ2) is 10.1. The lowest BCUT2D eigenvalue weighted by Gasteiger charge is -2.26. The van der Waals surface area contributed by atoms with Crippen molar-refractivity contribution in [2.75, 3.05) is 13.7 Å². The minimum atomic E-state index is -0.609. The predicted molar refractivity (Wildman–Crippen MR) is 162 cm³/mol. The molecule has 3 aliphatic rings. The van der Waals surface area contributed by atoms with Gasteiger partial charge in [-0.25, -0.2) is 0 Å². The molecule has 1 saturated carbocycles. The van der Waals surface area contributed by atoms with E-state index in [9.17, 15) is 4.79 Å². The van der Waals surface area contributed by atoms with Crippen LogP contribution in [0.4, 0.5) is 5.69 Å². The van der Waals surface area contributed by atoms with Crippen molar-refractivity contribution in [3.8, 4) is 22.8 Å². The molecular weight excluding hydrogens is 512 g/mol. The van der Waals surface area contributed by atoms with Crippen LogP contribution in [0.5, 0.6) is 11.5 Å². The molecule has 1 fully saturated rings. The van der Waals surface area contributed by atoms with Crippen LogP contribution in [0.1, 0.15) is 73.5 Å². The Balaban J connectivity index is 1.29. The highest BCUT2D eigenvalue weighted by molar-refractivity contribution is 6.06. The Kier molecular flexibility index (Phi) is 6.33. The second-order valence-corrected chi connectivity index (χ2v) is 12.0. The van der Waals surface area contributed by atoms with Crippen molar-refractivity contribution in [3.63, 3.8) is 0 Å². The number of rotatable bonds is 5. The molecule has 0 saturated heterocycles. The van der Waals surface area contributed by atoms with Crippen molar-refractivity contribution >= 4 is 28.2 Å². The maximum absolute atomic E-state index is 13.7. The van der Waals surface area contributed by atoms with E-state index in [2.05, 4.69) is 33.1 Å². The van der Waals surface area contributed by atoms with Crippen LogP contribution in [-0.2, 0) is 13.0 Å². The third-order valence-electron chi connectivity index (χ3n) is 9.00. The fraction of sp³-hybridized carbons (Fsp3) is 0.382. The molecule has 0 spiro atoms. The molecule has 4 aromatic rings. The summed E-state index contributed by atoms with van der Waals surface area (Å²) >= 11 is 0. The molecule has 1 N–H and O–H groups in total. The van der Waals surface area contributed by atoms with Gasteiger partial charge in [-0.05, 0) is 74.6 Å². The number of fused-ring (bicyclic) bond motifs is 6. The number of aliphatic imine (C=N–C) groups is 1. The quantitative estimate of drug-likeness (QED) is 0.292. The van der Waals surface area contributed by atoms with Crippen LogP contribution in [0.3, 0.4) is 0 Å². The summed E-state index contributed by atoms with van der Waals surface area (Å²) in [5.74, 6) is 2.04. The molecule has 2 aliphatic heterocycles. The molecule has 7 nitrogen and oxygen atoms in total. The van der Waals surface area contributed by atoms with Gasteiger partial charge in [0.1, 0.15) is 18.1 Å². The minimum absolute atomic E-state index is 0.103. The van der Waals surface area contributed by atoms with E-state index in [1.54, 1.807) is 13.3 Å². The SMILES string of the molecule is COc1ccc2c(c1)OCCn1c-2c(C2CCCCC2)c2ccc(C(=O)NC(C)(C)C3=Nc4cccnc4C3)cc21. The van der Waals surface area contributed by atoms with Gasteiger partial charge in [0, 0.05) is 46.4 Å². The topological polar surface area (TPSA) is 77.7 Å². The van der Waals surface area contributed by atoms with Gasteiger partial charge in [0.25, 0.3) is 5.91 Å². The van der Waals surface area contributed by atoms with Crippen molar-refractivity contribution in [1.29, 1.82) is 0 Å². The number of carbonyl (C=O) groups is 1. The van der Waals surface area contributed by atoms with Crippen LogP contribution in [0, 0.1) is 0 Å². The highest BCUT2D eigenvalue weighted by atomic mass is 16.5. The van der Waals surface area contributed by atoms with Gasteiger partial charge in [-0.1, -0.05) is 25.3 Å². The van der Waals surface area contributed by atoms with E-state index in [1.807, 2.05) is 44.2 Å². The molecule has 2 aromatic carbocycles. The number of ether oxygens (including phenoxy) is 2. The molecule has 0 unspecified atom stereocenters. The minimum Gasteiger partial charge on any atom is -0.497 e. The molecular formula is C34H36N4O3. The summed E-state index contributed by atoms with van der Waals surface area (Å²) in [6.07, 6.45) is 8.61. The first-order valence-corrected chi connectivity index (χ1v) is 14.7. The Labute approximate surface area is 240 Å². The lowest BCUT2D eigenvalue weighted by Crippen LogP contribution is -2.49. The van der Waals surface area contributed by atoms with Gasteiger partial charge in [0.2, 0.25) is 0 Å². The first kappa shape index (κ1) is 25.8. The third kappa shape index (κ3) is 4.48. The van der Waals surface area contributed by atoms with Gasteiger partial charge in [0.05, 0.1) is 36.3 Å². The second-order valence-electron chi connectivity index (χ2n) is 12.0. The van der Waals surface area contributed by atoms with Crippen LogP contribution in [0.2, 0.25) is 0 Å². The van der Waals surface area contributed by atoms with Crippen LogP contribution in [0.15, 0.2) is 59.7 Å². The summed E-state index contributed by atoms with van der Waals surface area (Å²) in [5.41, 5.74) is 7.61. The Morgan fingerprint density at radius 1 is 1.10 bits per heavy atom. The van der Waals surface area contributed by atoms with Crippen molar-refractivity contribution < 1.29 is 14.3 Å². The average Bonchev–Trinajstić information content (AvgIpc) is 3.52. The first-order chi connectivity index (χ1) is 19.9. The average molecular weight is 549 g/mol. The molecule has 4 heterocycles. The number of carbonyl (C=O) groups excluding carboxylic acids is 1. The third-order valence-corrected chi connectivity index (χ3v) is 9.00. The van der Waals surface area contributed by atoms with Gasteiger partial charge in [-0.2, -0.15) is 0 Å². The standard InChI is InChI=1S/C34H36N4O3/c1-34(2,30-20-27-26(36-30)10-7-15-35-27)37-33(39)22-11-13-24-28(18-22)38-16-17-41-29-19-23(40-3)12-14-25(29)32(38)31(24)21-8-5-4-6-9-21/h7,10-15,18-19,21H,4-6,8-9,16-17,20H2,1-3H3,(H,37,39). The first-order valence-electron chi connectivity index (χ1n) is 14.7. The molecule has 7 heteroatoms. The Morgan fingerprint density at radius 2 is 1.95 bits per heavy atom. The van der Waals surface area contributed by atoms with E-state index in [0.717, 1.165) is 39.7 Å². The number of hydrogen-bond donors (Lipinski definition) is 1. The largest absolute Gasteiger partial charge is 0.497 e. The fourth-order valence-corrected chi connectivity index (χ4v) is 6.84. The summed E-state index contributed by atoms with van der Waals surface area (Å²) in [6.45, 7) is 5.30. The number of benzene rings is 2. The van der Waals surface area contributed by atoms with Crippen molar-refractivity contribution in [2.45, 2.75) is 70.4 Å². The van der Waals surface area contributed by atoms with E-state index in [4.69, 9.17) is 14.5 Å². The van der Waals surface area contributed by atoms with E-state index < -0.39 is 5.54 Å². The van der Waals surface area contributed by atoms with Gasteiger partial charge in [-0.15, -0.1) is 0 Å². The van der Waals surface area contributed by atoms with Gasteiger partial charge in [0.15, 0.2) is 0 Å². The maximum Gasteiger partial charge on any atom is 0.252 e. The maximum atomic E-state index is 13.7. The fourth-order valence-electron chi connectivity index (χ4n) is 6.84. The lowest BCUT2D eigenvalue weighted by atomic mass is 9.81. The van der Waals surface area contributed by atoms with E-state index in [1.165, 1.54) is 48.7 Å². The number of nitrogens with zero attached hydrogens (tertiary/aromatic N) is 3. The molecule has 0 bridgehead atoms. The molecule has 0 atom stereocenters. The monoisotopic (exact) mass is 548 g/mol.